The van der Waals surface area contributed by atoms with Crippen molar-refractivity contribution in [2.75, 3.05) is 20.7 Å². The van der Waals surface area contributed by atoms with Gasteiger partial charge in [-0.1, -0.05) is 0 Å². The maximum Gasteiger partial charge on any atom is 0.0805 e. The summed E-state index contributed by atoms with van der Waals surface area (Å²) < 4.78 is 0. The van der Waals surface area contributed by atoms with Gasteiger partial charge in [0.05, 0.1) is 12.8 Å². The first-order chi connectivity index (χ1) is 3.35. The summed E-state index contributed by atoms with van der Waals surface area (Å²) in [5, 5.41) is 14.1. The topological polar surface area (TPSA) is 44.3 Å². The van der Waals surface area contributed by atoms with Crippen LogP contribution in [-0.2, 0) is 0 Å². The van der Waals surface area contributed by atoms with Crippen LogP contribution < -0.4 is 10.6 Å². The van der Waals surface area contributed by atoms with Crippen LogP contribution in [-0.4, -0.2) is 32.0 Å². The summed E-state index contributed by atoms with van der Waals surface area (Å²) in [6.45, 7) is 0.132. The number of hydrogen-bond acceptors (Lipinski definition) is 3. The van der Waals surface area contributed by atoms with Gasteiger partial charge in [0, 0.05) is 0 Å². The average molecular weight is 104 g/mol. The van der Waals surface area contributed by atoms with Crippen molar-refractivity contribution in [2.45, 2.75) is 6.17 Å². The van der Waals surface area contributed by atoms with Gasteiger partial charge >= 0.3 is 0 Å². The molecule has 44 valence electrons. The molecule has 0 aromatic carbocycles. The van der Waals surface area contributed by atoms with E-state index in [9.17, 15) is 0 Å². The number of aliphatic hydroxyl groups excluding tert-OH is 1. The Hall–Kier alpha value is -0.120. The SMILES string of the molecule is CNC(CO)NC. The Morgan fingerprint density at radius 1 is 1.43 bits per heavy atom. The molecule has 3 heteroatoms. The Bertz CT molecular complexity index is 31.2. The number of likely N-dealkylation sites (N-methyl/N-ethyl adjacent to an activating group) is 2. The predicted molar refractivity (Wildman–Crippen MR) is 29.0 cm³/mol. The fourth-order valence-corrected chi connectivity index (χ4v) is 0.327. The molecule has 0 saturated carbocycles. The fourth-order valence-electron chi connectivity index (χ4n) is 0.327. The lowest BCUT2D eigenvalue weighted by atomic mass is 10.5. The van der Waals surface area contributed by atoms with E-state index in [1.807, 2.05) is 0 Å². The quantitative estimate of drug-likeness (QED) is 0.392. The van der Waals surface area contributed by atoms with Crippen LogP contribution in [0.25, 0.3) is 0 Å². The Morgan fingerprint density at radius 2 is 1.86 bits per heavy atom. The van der Waals surface area contributed by atoms with E-state index in [2.05, 4.69) is 10.6 Å². The maximum absolute atomic E-state index is 8.40. The van der Waals surface area contributed by atoms with Crippen LogP contribution in [0.5, 0.6) is 0 Å². The van der Waals surface area contributed by atoms with Gasteiger partial charge in [-0.15, -0.1) is 0 Å². The van der Waals surface area contributed by atoms with Gasteiger partial charge in [0.1, 0.15) is 0 Å². The second kappa shape index (κ2) is 4.05. The van der Waals surface area contributed by atoms with Gasteiger partial charge in [-0.2, -0.15) is 0 Å². The standard InChI is InChI=1S/C4H12N2O/c1-5-4(3-7)6-2/h4-7H,3H2,1-2H3. The minimum Gasteiger partial charge on any atom is -0.393 e. The van der Waals surface area contributed by atoms with E-state index in [1.54, 1.807) is 14.1 Å². The van der Waals surface area contributed by atoms with Crippen LogP contribution in [0.4, 0.5) is 0 Å². The first-order valence-electron chi connectivity index (χ1n) is 2.30. The summed E-state index contributed by atoms with van der Waals surface area (Å²) in [6, 6.07) is 0. The monoisotopic (exact) mass is 104 g/mol. The molecule has 0 heterocycles. The van der Waals surface area contributed by atoms with Crippen molar-refractivity contribution in [3.8, 4) is 0 Å². The fraction of sp³-hybridized carbons (Fsp3) is 1.00. The molecule has 0 amide bonds. The highest BCUT2D eigenvalue weighted by Gasteiger charge is 1.94. The van der Waals surface area contributed by atoms with E-state index in [0.717, 1.165) is 0 Å². The third-order valence-corrected chi connectivity index (χ3v) is 0.879. The Labute approximate surface area is 43.7 Å². The van der Waals surface area contributed by atoms with Crippen molar-refractivity contribution in [3.63, 3.8) is 0 Å². The van der Waals surface area contributed by atoms with E-state index >= 15 is 0 Å². The minimum atomic E-state index is 0.0417. The van der Waals surface area contributed by atoms with Crippen molar-refractivity contribution in [1.82, 2.24) is 10.6 Å². The average Bonchev–Trinajstić information content (AvgIpc) is 1.72. The van der Waals surface area contributed by atoms with Gasteiger partial charge in [-0.25, -0.2) is 0 Å². The molecule has 0 aliphatic rings. The molecule has 0 spiro atoms. The number of aliphatic hydroxyl groups is 1. The summed E-state index contributed by atoms with van der Waals surface area (Å²) in [5.74, 6) is 0. The van der Waals surface area contributed by atoms with Crippen LogP contribution in [0.15, 0.2) is 0 Å². The number of hydrogen-bond donors (Lipinski definition) is 3. The lowest BCUT2D eigenvalue weighted by Crippen LogP contribution is -2.40. The number of rotatable bonds is 3. The molecule has 0 aromatic rings. The van der Waals surface area contributed by atoms with Gasteiger partial charge < -0.3 is 15.7 Å². The van der Waals surface area contributed by atoms with Gasteiger partial charge in [0.2, 0.25) is 0 Å². The molecular weight excluding hydrogens is 92.1 g/mol. The van der Waals surface area contributed by atoms with E-state index in [-0.39, 0.29) is 12.8 Å². The Kier molecular flexibility index (Phi) is 3.98. The summed E-state index contributed by atoms with van der Waals surface area (Å²) >= 11 is 0. The van der Waals surface area contributed by atoms with Crippen LogP contribution in [0, 0.1) is 0 Å². The molecule has 0 aliphatic heterocycles. The van der Waals surface area contributed by atoms with Crippen LogP contribution in [0.1, 0.15) is 0 Å². The molecule has 7 heavy (non-hydrogen) atoms. The zero-order valence-corrected chi connectivity index (χ0v) is 4.73. The second-order valence-corrected chi connectivity index (χ2v) is 1.31. The van der Waals surface area contributed by atoms with Gasteiger partial charge in [-0.3, -0.25) is 0 Å². The smallest absolute Gasteiger partial charge is 0.0805 e. The zero-order chi connectivity index (χ0) is 5.70. The molecule has 0 saturated heterocycles. The van der Waals surface area contributed by atoms with Gasteiger partial charge in [-0.05, 0) is 14.1 Å². The molecule has 0 unspecified atom stereocenters. The molecule has 0 radical (unpaired) electrons. The highest BCUT2D eigenvalue weighted by molar-refractivity contribution is 4.52. The normalized spacial score (nSPS) is 10.3. The van der Waals surface area contributed by atoms with E-state index in [1.165, 1.54) is 0 Å². The van der Waals surface area contributed by atoms with Crippen molar-refractivity contribution in [3.05, 3.63) is 0 Å². The van der Waals surface area contributed by atoms with Crippen molar-refractivity contribution in [1.29, 1.82) is 0 Å². The largest absolute Gasteiger partial charge is 0.393 e. The molecule has 0 aromatic heterocycles. The first kappa shape index (κ1) is 6.88. The van der Waals surface area contributed by atoms with E-state index in [0.29, 0.717) is 0 Å². The molecule has 0 bridgehead atoms. The van der Waals surface area contributed by atoms with E-state index < -0.39 is 0 Å². The molecule has 3 N–H and O–H groups in total. The molecule has 0 rings (SSSR count). The van der Waals surface area contributed by atoms with Crippen LogP contribution in [0.3, 0.4) is 0 Å². The summed E-state index contributed by atoms with van der Waals surface area (Å²) in [6.07, 6.45) is 0.0417. The molecule has 0 atom stereocenters. The third-order valence-electron chi connectivity index (χ3n) is 0.879. The lowest BCUT2D eigenvalue weighted by molar-refractivity contribution is 0.233. The Morgan fingerprint density at radius 3 is 1.86 bits per heavy atom. The van der Waals surface area contributed by atoms with Crippen molar-refractivity contribution in [2.24, 2.45) is 0 Å². The van der Waals surface area contributed by atoms with E-state index in [4.69, 9.17) is 5.11 Å². The number of nitrogens with one attached hydrogen (secondary N) is 2. The first-order valence-corrected chi connectivity index (χ1v) is 2.30. The zero-order valence-electron chi connectivity index (χ0n) is 4.73. The second-order valence-electron chi connectivity index (χ2n) is 1.31. The molecular formula is C4H12N2O. The van der Waals surface area contributed by atoms with Gasteiger partial charge in [0.15, 0.2) is 0 Å². The predicted octanol–water partition coefficient (Wildman–Crippen LogP) is -1.26. The highest BCUT2D eigenvalue weighted by Crippen LogP contribution is 1.65. The van der Waals surface area contributed by atoms with Crippen molar-refractivity contribution >= 4 is 0 Å². The lowest BCUT2D eigenvalue weighted by Gasteiger charge is -2.09. The van der Waals surface area contributed by atoms with Crippen LogP contribution >= 0.6 is 0 Å². The summed E-state index contributed by atoms with van der Waals surface area (Å²) in [4.78, 5) is 0. The minimum absolute atomic E-state index is 0.0417. The Balaban J connectivity index is 2.99. The van der Waals surface area contributed by atoms with Crippen LogP contribution in [0.2, 0.25) is 0 Å². The van der Waals surface area contributed by atoms with Crippen molar-refractivity contribution < 1.29 is 5.11 Å². The molecule has 3 nitrogen and oxygen atoms in total. The molecule has 0 aliphatic carbocycles. The third kappa shape index (κ3) is 2.56. The summed E-state index contributed by atoms with van der Waals surface area (Å²) in [7, 11) is 3.58. The van der Waals surface area contributed by atoms with Gasteiger partial charge in [0.25, 0.3) is 0 Å². The highest BCUT2D eigenvalue weighted by atomic mass is 16.3. The summed E-state index contributed by atoms with van der Waals surface area (Å²) in [5.41, 5.74) is 0. The molecule has 0 fully saturated rings. The maximum atomic E-state index is 8.40.